The Bertz CT molecular complexity index is 1330. The highest BCUT2D eigenvalue weighted by Crippen LogP contribution is 2.35. The Morgan fingerprint density at radius 1 is 1.22 bits per heavy atom. The second-order valence-electron chi connectivity index (χ2n) is 9.59. The molecule has 2 aliphatic rings. The molecule has 5 rings (SSSR count). The fourth-order valence-electron chi connectivity index (χ4n) is 5.21. The van der Waals surface area contributed by atoms with Gasteiger partial charge >= 0.3 is 10.3 Å². The summed E-state index contributed by atoms with van der Waals surface area (Å²) >= 11 is 1.42. The Kier molecular flexibility index (Phi) is 7.29. The molecule has 2 aromatic heterocycles. The molecule has 36 heavy (non-hydrogen) atoms. The van der Waals surface area contributed by atoms with Crippen LogP contribution >= 0.6 is 11.3 Å². The molecule has 0 amide bonds. The number of carbonyl (C=O) groups excluding carboxylic acids is 1. The SMILES string of the molecule is NS(=O)(=O)OC[C@H]1C[C@@H](Cc2ncncc2C(=O)c2cc(CN3Cc4ccccc4C3)cs2)C[C@@H]1O. The van der Waals surface area contributed by atoms with Crippen molar-refractivity contribution in [2.75, 3.05) is 6.61 Å². The lowest BCUT2D eigenvalue weighted by molar-refractivity contribution is 0.100. The summed E-state index contributed by atoms with van der Waals surface area (Å²) in [6, 6.07) is 10.4. The van der Waals surface area contributed by atoms with Crippen molar-refractivity contribution < 1.29 is 22.5 Å². The molecule has 1 saturated carbocycles. The fraction of sp³-hybridized carbons (Fsp3) is 0.400. The van der Waals surface area contributed by atoms with E-state index in [4.69, 9.17) is 5.14 Å². The number of nitrogens with two attached hydrogens (primary N) is 1. The van der Waals surface area contributed by atoms with E-state index in [1.807, 2.05) is 11.4 Å². The molecule has 0 saturated heterocycles. The van der Waals surface area contributed by atoms with Gasteiger partial charge in [-0.25, -0.2) is 15.1 Å². The molecular formula is C25H28N4O5S2. The quantitative estimate of drug-likeness (QED) is 0.404. The Balaban J connectivity index is 1.23. The van der Waals surface area contributed by atoms with Gasteiger partial charge in [-0.3, -0.25) is 13.9 Å². The monoisotopic (exact) mass is 528 g/mol. The lowest BCUT2D eigenvalue weighted by Gasteiger charge is -2.13. The Hall–Kier alpha value is -2.54. The number of hydrogen-bond donors (Lipinski definition) is 2. The second-order valence-corrected chi connectivity index (χ2v) is 11.7. The Labute approximate surface area is 214 Å². The molecule has 1 aromatic carbocycles. The van der Waals surface area contributed by atoms with Gasteiger partial charge in [-0.15, -0.1) is 11.3 Å². The van der Waals surface area contributed by atoms with E-state index < -0.39 is 16.4 Å². The lowest BCUT2D eigenvalue weighted by atomic mass is 9.96. The summed E-state index contributed by atoms with van der Waals surface area (Å²) in [5.41, 5.74) is 4.89. The first-order valence-corrected chi connectivity index (χ1v) is 14.2. The highest BCUT2D eigenvalue weighted by atomic mass is 32.2. The van der Waals surface area contributed by atoms with Crippen LogP contribution in [-0.4, -0.2) is 46.9 Å². The van der Waals surface area contributed by atoms with E-state index in [1.54, 1.807) is 6.20 Å². The van der Waals surface area contributed by atoms with Gasteiger partial charge < -0.3 is 5.11 Å². The van der Waals surface area contributed by atoms with Gasteiger partial charge in [0, 0.05) is 31.7 Å². The van der Waals surface area contributed by atoms with E-state index in [0.29, 0.717) is 35.4 Å². The molecule has 9 nitrogen and oxygen atoms in total. The van der Waals surface area contributed by atoms with Gasteiger partial charge in [0.2, 0.25) is 5.78 Å². The van der Waals surface area contributed by atoms with E-state index in [-0.39, 0.29) is 24.2 Å². The molecule has 3 aromatic rings. The van der Waals surface area contributed by atoms with Crippen molar-refractivity contribution in [2.24, 2.45) is 17.0 Å². The van der Waals surface area contributed by atoms with Crippen LogP contribution in [0.5, 0.6) is 0 Å². The molecule has 190 valence electrons. The first-order valence-electron chi connectivity index (χ1n) is 11.8. The Morgan fingerprint density at radius 3 is 2.69 bits per heavy atom. The molecule has 1 fully saturated rings. The van der Waals surface area contributed by atoms with Crippen LogP contribution in [-0.2, 0) is 40.5 Å². The van der Waals surface area contributed by atoms with Crippen molar-refractivity contribution in [3.05, 3.63) is 81.1 Å². The number of fused-ring (bicyclic) bond motifs is 1. The number of rotatable bonds is 9. The number of benzene rings is 1. The zero-order valence-corrected chi connectivity index (χ0v) is 21.2. The third-order valence-electron chi connectivity index (χ3n) is 6.91. The topological polar surface area (TPSA) is 136 Å². The first kappa shape index (κ1) is 25.1. The van der Waals surface area contributed by atoms with Crippen molar-refractivity contribution in [2.45, 2.75) is 45.0 Å². The summed E-state index contributed by atoms with van der Waals surface area (Å²) in [5, 5.41) is 17.3. The number of ketones is 1. The van der Waals surface area contributed by atoms with E-state index in [1.165, 1.54) is 28.8 Å². The zero-order chi connectivity index (χ0) is 25.3. The van der Waals surface area contributed by atoms with Crippen molar-refractivity contribution in [3.63, 3.8) is 0 Å². The van der Waals surface area contributed by atoms with Gasteiger partial charge in [-0.1, -0.05) is 24.3 Å². The van der Waals surface area contributed by atoms with Crippen molar-refractivity contribution >= 4 is 27.4 Å². The lowest BCUT2D eigenvalue weighted by Crippen LogP contribution is -2.24. The summed E-state index contributed by atoms with van der Waals surface area (Å²) in [4.78, 5) is 24.8. The van der Waals surface area contributed by atoms with Crippen molar-refractivity contribution in [1.82, 2.24) is 14.9 Å². The molecular weight excluding hydrogens is 500 g/mol. The molecule has 0 radical (unpaired) electrons. The van der Waals surface area contributed by atoms with Crippen LogP contribution in [0.25, 0.3) is 0 Å². The summed E-state index contributed by atoms with van der Waals surface area (Å²) < 4.78 is 26.9. The first-order chi connectivity index (χ1) is 17.2. The number of hydrogen-bond acceptors (Lipinski definition) is 9. The molecule has 1 aliphatic carbocycles. The van der Waals surface area contributed by atoms with Crippen LogP contribution < -0.4 is 5.14 Å². The van der Waals surface area contributed by atoms with Crippen LogP contribution in [0.15, 0.2) is 48.2 Å². The van der Waals surface area contributed by atoms with Crippen molar-refractivity contribution in [3.8, 4) is 0 Å². The van der Waals surface area contributed by atoms with Crippen LogP contribution in [0.4, 0.5) is 0 Å². The number of nitrogens with zero attached hydrogens (tertiary/aromatic N) is 3. The maximum Gasteiger partial charge on any atom is 0.333 e. The second kappa shape index (κ2) is 10.4. The molecule has 11 heteroatoms. The predicted octanol–water partition coefficient (Wildman–Crippen LogP) is 2.43. The van der Waals surface area contributed by atoms with Crippen LogP contribution in [0.3, 0.4) is 0 Å². The average molecular weight is 529 g/mol. The summed E-state index contributed by atoms with van der Waals surface area (Å²) in [5.74, 6) is -0.420. The van der Waals surface area contributed by atoms with Crippen LogP contribution in [0.2, 0.25) is 0 Å². The molecule has 3 heterocycles. The van der Waals surface area contributed by atoms with E-state index in [9.17, 15) is 18.3 Å². The maximum absolute atomic E-state index is 13.4. The van der Waals surface area contributed by atoms with Gasteiger partial charge in [0.05, 0.1) is 28.8 Å². The maximum atomic E-state index is 13.4. The number of aliphatic hydroxyl groups is 1. The molecule has 0 bridgehead atoms. The standard InChI is InChI=1S/C25H28N4O5S2/c26-36(32,33)34-13-20-5-16(7-23(20)30)6-22-21(9-27-15-28-22)25(31)24-8-17(14-35-24)10-29-11-18-3-1-2-4-19(18)12-29/h1-4,8-9,14-16,20,23,30H,5-7,10-13H2,(H2,26,32,33)/t16-,20+,23-/m0/s1. The predicted molar refractivity (Wildman–Crippen MR) is 134 cm³/mol. The summed E-state index contributed by atoms with van der Waals surface area (Å²) in [6.45, 7) is 2.43. The van der Waals surface area contributed by atoms with Crippen LogP contribution in [0.1, 0.15) is 50.5 Å². The van der Waals surface area contributed by atoms with Crippen LogP contribution in [0, 0.1) is 11.8 Å². The Morgan fingerprint density at radius 2 is 1.97 bits per heavy atom. The fourth-order valence-corrected chi connectivity index (χ4v) is 6.43. The van der Waals surface area contributed by atoms with Gasteiger partial charge in [-0.2, -0.15) is 8.42 Å². The molecule has 1 aliphatic heterocycles. The zero-order valence-electron chi connectivity index (χ0n) is 19.6. The van der Waals surface area contributed by atoms with E-state index >= 15 is 0 Å². The molecule has 0 spiro atoms. The summed E-state index contributed by atoms with van der Waals surface area (Å²) in [6.07, 6.45) is 3.77. The largest absolute Gasteiger partial charge is 0.393 e. The third-order valence-corrected chi connectivity index (χ3v) is 8.36. The van der Waals surface area contributed by atoms with Gasteiger partial charge in [0.25, 0.3) is 0 Å². The van der Waals surface area contributed by atoms with E-state index in [2.05, 4.69) is 43.3 Å². The average Bonchev–Trinajstić information content (AvgIpc) is 3.55. The summed E-state index contributed by atoms with van der Waals surface area (Å²) in [7, 11) is -4.06. The number of carbonyl (C=O) groups is 1. The number of aromatic nitrogens is 2. The normalized spacial score (nSPS) is 22.1. The minimum Gasteiger partial charge on any atom is -0.393 e. The highest BCUT2D eigenvalue weighted by molar-refractivity contribution is 7.84. The van der Waals surface area contributed by atoms with Gasteiger partial charge in [0.15, 0.2) is 0 Å². The van der Waals surface area contributed by atoms with Gasteiger partial charge in [-0.05, 0) is 53.3 Å². The molecule has 0 unspecified atom stereocenters. The minimum atomic E-state index is -4.06. The molecule has 3 atom stereocenters. The third kappa shape index (κ3) is 5.88. The minimum absolute atomic E-state index is 0.0335. The highest BCUT2D eigenvalue weighted by Gasteiger charge is 2.35. The molecule has 3 N–H and O–H groups in total. The van der Waals surface area contributed by atoms with E-state index in [0.717, 1.165) is 25.2 Å². The van der Waals surface area contributed by atoms with Crippen molar-refractivity contribution in [1.29, 1.82) is 0 Å². The smallest absolute Gasteiger partial charge is 0.333 e. The number of thiophene rings is 1. The van der Waals surface area contributed by atoms with Gasteiger partial charge in [0.1, 0.15) is 6.33 Å². The number of aliphatic hydroxyl groups excluding tert-OH is 1.